The SMILES string of the molecule is CCOC(=O)c1sc(C(C)(C)C)nc1-c1ccccc1. The smallest absolute Gasteiger partial charge is 0.350 e. The Morgan fingerprint density at radius 1 is 1.25 bits per heavy atom. The van der Waals surface area contributed by atoms with Gasteiger partial charge in [-0.2, -0.15) is 0 Å². The van der Waals surface area contributed by atoms with Crippen molar-refractivity contribution >= 4 is 17.3 Å². The van der Waals surface area contributed by atoms with Crippen LogP contribution in [0.2, 0.25) is 0 Å². The number of nitrogens with zero attached hydrogens (tertiary/aromatic N) is 1. The Hall–Kier alpha value is -1.68. The highest BCUT2D eigenvalue weighted by Gasteiger charge is 2.26. The first-order valence-corrected chi connectivity index (χ1v) is 7.49. The summed E-state index contributed by atoms with van der Waals surface area (Å²) < 4.78 is 5.15. The van der Waals surface area contributed by atoms with Crippen LogP contribution in [0.3, 0.4) is 0 Å². The molecule has 106 valence electrons. The second-order valence-corrected chi connectivity index (χ2v) is 6.53. The maximum absolute atomic E-state index is 12.1. The summed E-state index contributed by atoms with van der Waals surface area (Å²) in [6.07, 6.45) is 0. The number of thiazole rings is 1. The molecule has 0 aliphatic carbocycles. The van der Waals surface area contributed by atoms with Crippen molar-refractivity contribution in [2.75, 3.05) is 6.61 Å². The van der Waals surface area contributed by atoms with Gasteiger partial charge in [0.05, 0.1) is 17.3 Å². The largest absolute Gasteiger partial charge is 0.462 e. The van der Waals surface area contributed by atoms with Gasteiger partial charge in [0.25, 0.3) is 0 Å². The number of ether oxygens (including phenoxy) is 1. The molecule has 0 atom stereocenters. The van der Waals surface area contributed by atoms with Crippen LogP contribution in [0.5, 0.6) is 0 Å². The highest BCUT2D eigenvalue weighted by atomic mass is 32.1. The first-order valence-electron chi connectivity index (χ1n) is 6.67. The zero-order valence-corrected chi connectivity index (χ0v) is 13.1. The van der Waals surface area contributed by atoms with E-state index in [1.807, 2.05) is 37.3 Å². The second-order valence-electron chi connectivity index (χ2n) is 5.53. The van der Waals surface area contributed by atoms with Crippen LogP contribution in [0, 0.1) is 0 Å². The summed E-state index contributed by atoms with van der Waals surface area (Å²) in [5.74, 6) is -0.292. The molecular weight excluding hydrogens is 270 g/mol. The van der Waals surface area contributed by atoms with E-state index in [0.717, 1.165) is 16.3 Å². The molecule has 2 rings (SSSR count). The Kier molecular flexibility index (Phi) is 4.23. The van der Waals surface area contributed by atoms with Crippen molar-refractivity contribution in [3.8, 4) is 11.3 Å². The summed E-state index contributed by atoms with van der Waals surface area (Å²) in [6, 6.07) is 9.76. The molecule has 2 aromatic rings. The third-order valence-electron chi connectivity index (χ3n) is 2.78. The Bertz CT molecular complexity index is 597. The molecule has 0 unspecified atom stereocenters. The van der Waals surface area contributed by atoms with Crippen molar-refractivity contribution in [3.63, 3.8) is 0 Å². The Morgan fingerprint density at radius 3 is 2.45 bits per heavy atom. The van der Waals surface area contributed by atoms with Crippen molar-refractivity contribution in [3.05, 3.63) is 40.2 Å². The molecule has 0 fully saturated rings. The molecule has 3 nitrogen and oxygen atoms in total. The summed E-state index contributed by atoms with van der Waals surface area (Å²) in [5.41, 5.74) is 1.58. The summed E-state index contributed by atoms with van der Waals surface area (Å²) in [5, 5.41) is 0.944. The van der Waals surface area contributed by atoms with Gasteiger partial charge in [0, 0.05) is 11.0 Å². The predicted octanol–water partition coefficient (Wildman–Crippen LogP) is 4.28. The fourth-order valence-corrected chi connectivity index (χ4v) is 2.81. The molecule has 0 N–H and O–H groups in total. The van der Waals surface area contributed by atoms with E-state index >= 15 is 0 Å². The van der Waals surface area contributed by atoms with Crippen molar-refractivity contribution in [2.24, 2.45) is 0 Å². The molecule has 1 aromatic carbocycles. The third-order valence-corrected chi connectivity index (χ3v) is 4.24. The molecule has 0 aliphatic heterocycles. The lowest BCUT2D eigenvalue weighted by Crippen LogP contribution is -2.10. The second kappa shape index (κ2) is 5.75. The van der Waals surface area contributed by atoms with Gasteiger partial charge in [-0.15, -0.1) is 11.3 Å². The summed E-state index contributed by atoms with van der Waals surface area (Å²) in [4.78, 5) is 17.4. The van der Waals surface area contributed by atoms with Gasteiger partial charge in [0.2, 0.25) is 0 Å². The van der Waals surface area contributed by atoms with Crippen molar-refractivity contribution in [1.82, 2.24) is 4.98 Å². The van der Waals surface area contributed by atoms with E-state index in [4.69, 9.17) is 4.74 Å². The molecule has 0 radical (unpaired) electrons. The standard InChI is InChI=1S/C16H19NO2S/c1-5-19-14(18)13-12(11-9-7-6-8-10-11)17-15(20-13)16(2,3)4/h6-10H,5H2,1-4H3. The van der Waals surface area contributed by atoms with Crippen molar-refractivity contribution in [1.29, 1.82) is 0 Å². The van der Waals surface area contributed by atoms with Gasteiger partial charge in [-0.25, -0.2) is 9.78 Å². The minimum atomic E-state index is -0.292. The van der Waals surface area contributed by atoms with Gasteiger partial charge in [0.15, 0.2) is 0 Å². The van der Waals surface area contributed by atoms with E-state index in [2.05, 4.69) is 25.8 Å². The number of benzene rings is 1. The fraction of sp³-hybridized carbons (Fsp3) is 0.375. The van der Waals surface area contributed by atoms with Crippen molar-refractivity contribution < 1.29 is 9.53 Å². The lowest BCUT2D eigenvalue weighted by molar-refractivity contribution is 0.0532. The molecule has 1 heterocycles. The molecule has 0 amide bonds. The van der Waals surface area contributed by atoms with Gasteiger partial charge in [-0.05, 0) is 6.92 Å². The molecule has 0 spiro atoms. The molecule has 0 bridgehead atoms. The zero-order chi connectivity index (χ0) is 14.8. The Balaban J connectivity index is 2.54. The van der Waals surface area contributed by atoms with Crippen LogP contribution < -0.4 is 0 Å². The maximum Gasteiger partial charge on any atom is 0.350 e. The third kappa shape index (κ3) is 3.07. The highest BCUT2D eigenvalue weighted by Crippen LogP contribution is 2.34. The fourth-order valence-electron chi connectivity index (χ4n) is 1.77. The predicted molar refractivity (Wildman–Crippen MR) is 82.2 cm³/mol. The first kappa shape index (κ1) is 14.7. The molecule has 0 aliphatic rings. The molecule has 1 aromatic heterocycles. The monoisotopic (exact) mass is 289 g/mol. The Labute approximate surface area is 123 Å². The molecule has 0 saturated carbocycles. The van der Waals surface area contributed by atoms with E-state index in [1.165, 1.54) is 11.3 Å². The first-order chi connectivity index (χ1) is 9.43. The van der Waals surface area contributed by atoms with Crippen LogP contribution in [0.1, 0.15) is 42.4 Å². The summed E-state index contributed by atoms with van der Waals surface area (Å²) in [6.45, 7) is 8.46. The number of carbonyl (C=O) groups excluding carboxylic acids is 1. The van der Waals surface area contributed by atoms with E-state index in [0.29, 0.717) is 11.5 Å². The van der Waals surface area contributed by atoms with Crippen LogP contribution >= 0.6 is 11.3 Å². The van der Waals surface area contributed by atoms with Crippen LogP contribution in [0.4, 0.5) is 0 Å². The average molecular weight is 289 g/mol. The lowest BCUT2D eigenvalue weighted by Gasteiger charge is -2.13. The highest BCUT2D eigenvalue weighted by molar-refractivity contribution is 7.14. The number of hydrogen-bond donors (Lipinski definition) is 0. The minimum Gasteiger partial charge on any atom is -0.462 e. The quantitative estimate of drug-likeness (QED) is 0.791. The number of esters is 1. The number of carbonyl (C=O) groups is 1. The van der Waals surface area contributed by atoms with Gasteiger partial charge < -0.3 is 4.74 Å². The summed E-state index contributed by atoms with van der Waals surface area (Å²) >= 11 is 1.42. The van der Waals surface area contributed by atoms with Gasteiger partial charge >= 0.3 is 5.97 Å². The summed E-state index contributed by atoms with van der Waals surface area (Å²) in [7, 11) is 0. The minimum absolute atomic E-state index is 0.0844. The van der Waals surface area contributed by atoms with Crippen LogP contribution in [0.25, 0.3) is 11.3 Å². The van der Waals surface area contributed by atoms with E-state index in [1.54, 1.807) is 0 Å². The average Bonchev–Trinajstić information content (AvgIpc) is 2.85. The Morgan fingerprint density at radius 2 is 1.90 bits per heavy atom. The van der Waals surface area contributed by atoms with Crippen LogP contribution in [-0.2, 0) is 10.2 Å². The normalized spacial score (nSPS) is 11.4. The number of rotatable bonds is 3. The van der Waals surface area contributed by atoms with Gasteiger partial charge in [-0.1, -0.05) is 51.1 Å². The zero-order valence-electron chi connectivity index (χ0n) is 12.3. The van der Waals surface area contributed by atoms with Crippen LogP contribution in [-0.4, -0.2) is 17.6 Å². The maximum atomic E-state index is 12.1. The molecule has 4 heteroatoms. The lowest BCUT2D eigenvalue weighted by atomic mass is 9.98. The van der Waals surface area contributed by atoms with Gasteiger partial charge in [-0.3, -0.25) is 0 Å². The van der Waals surface area contributed by atoms with Crippen molar-refractivity contribution in [2.45, 2.75) is 33.1 Å². The van der Waals surface area contributed by atoms with Crippen LogP contribution in [0.15, 0.2) is 30.3 Å². The molecule has 20 heavy (non-hydrogen) atoms. The number of hydrogen-bond acceptors (Lipinski definition) is 4. The van der Waals surface area contributed by atoms with E-state index < -0.39 is 0 Å². The number of aromatic nitrogens is 1. The molecular formula is C16H19NO2S. The molecule has 0 saturated heterocycles. The topological polar surface area (TPSA) is 39.2 Å². The van der Waals surface area contributed by atoms with Gasteiger partial charge in [0.1, 0.15) is 4.88 Å². The van der Waals surface area contributed by atoms with E-state index in [-0.39, 0.29) is 11.4 Å². The van der Waals surface area contributed by atoms with E-state index in [9.17, 15) is 4.79 Å².